The average Bonchev–Trinajstić information content (AvgIpc) is 2.72. The highest BCUT2D eigenvalue weighted by atomic mass is 15.3. The van der Waals surface area contributed by atoms with Crippen molar-refractivity contribution in [1.29, 1.82) is 0 Å². The Balaban J connectivity index is 1.47. The number of anilines is 2. The molecule has 0 saturated carbocycles. The molecule has 29 heavy (non-hydrogen) atoms. The van der Waals surface area contributed by atoms with Gasteiger partial charge in [0.25, 0.3) is 0 Å². The van der Waals surface area contributed by atoms with Crippen LogP contribution in [0.25, 0.3) is 6.08 Å². The number of aryl methyl sites for hydroxylation is 1. The number of benzene rings is 1. The Hall–Kier alpha value is -2.44. The minimum atomic E-state index is 0.847. The summed E-state index contributed by atoms with van der Waals surface area (Å²) in [6.45, 7) is 9.01. The number of hydrogen-bond donors (Lipinski definition) is 1. The van der Waals surface area contributed by atoms with E-state index in [0.717, 1.165) is 69.7 Å². The van der Waals surface area contributed by atoms with Crippen LogP contribution < -0.4 is 10.2 Å². The van der Waals surface area contributed by atoms with Crippen molar-refractivity contribution in [2.75, 3.05) is 70.1 Å². The van der Waals surface area contributed by atoms with E-state index >= 15 is 0 Å². The summed E-state index contributed by atoms with van der Waals surface area (Å²) in [7, 11) is 4.20. The third-order valence-electron chi connectivity index (χ3n) is 5.06. The molecule has 0 spiro atoms. The highest BCUT2D eigenvalue weighted by Gasteiger charge is 2.18. The predicted octanol–water partition coefficient (Wildman–Crippen LogP) is 2.98. The van der Waals surface area contributed by atoms with Gasteiger partial charge in [-0.1, -0.05) is 42.5 Å². The van der Waals surface area contributed by atoms with Crippen molar-refractivity contribution in [3.8, 4) is 0 Å². The Morgan fingerprint density at radius 2 is 1.83 bits per heavy atom. The van der Waals surface area contributed by atoms with Crippen molar-refractivity contribution in [2.45, 2.75) is 13.3 Å². The monoisotopic (exact) mass is 394 g/mol. The fourth-order valence-corrected chi connectivity index (χ4v) is 3.43. The minimum absolute atomic E-state index is 0.847. The molecule has 0 atom stereocenters. The van der Waals surface area contributed by atoms with Crippen molar-refractivity contribution < 1.29 is 0 Å². The molecule has 0 bridgehead atoms. The maximum Gasteiger partial charge on any atom is 0.227 e. The Morgan fingerprint density at radius 3 is 2.55 bits per heavy atom. The van der Waals surface area contributed by atoms with Crippen LogP contribution in [0.4, 0.5) is 11.8 Å². The van der Waals surface area contributed by atoms with Crippen LogP contribution in [-0.4, -0.2) is 79.7 Å². The molecule has 2 aromatic rings. The van der Waals surface area contributed by atoms with Crippen LogP contribution in [0.3, 0.4) is 0 Å². The summed E-state index contributed by atoms with van der Waals surface area (Å²) < 4.78 is 0. The van der Waals surface area contributed by atoms with Gasteiger partial charge in [-0.25, -0.2) is 4.98 Å². The molecule has 1 aromatic heterocycles. The van der Waals surface area contributed by atoms with E-state index in [1.54, 1.807) is 0 Å². The second kappa shape index (κ2) is 10.9. The van der Waals surface area contributed by atoms with Gasteiger partial charge in [-0.05, 0) is 39.5 Å². The highest BCUT2D eigenvalue weighted by molar-refractivity contribution is 5.49. The van der Waals surface area contributed by atoms with Gasteiger partial charge in [-0.15, -0.1) is 0 Å². The Kier molecular flexibility index (Phi) is 8.02. The lowest BCUT2D eigenvalue weighted by Gasteiger charge is -2.34. The van der Waals surface area contributed by atoms with Gasteiger partial charge in [0.05, 0.1) is 0 Å². The highest BCUT2D eigenvalue weighted by Crippen LogP contribution is 2.16. The van der Waals surface area contributed by atoms with E-state index in [2.05, 4.69) is 81.6 Å². The van der Waals surface area contributed by atoms with Crippen molar-refractivity contribution in [3.05, 3.63) is 53.7 Å². The molecule has 0 unspecified atom stereocenters. The topological polar surface area (TPSA) is 47.5 Å². The molecule has 6 heteroatoms. The van der Waals surface area contributed by atoms with Crippen molar-refractivity contribution in [2.24, 2.45) is 0 Å². The van der Waals surface area contributed by atoms with Gasteiger partial charge in [0.2, 0.25) is 5.95 Å². The molecule has 1 N–H and O–H groups in total. The lowest BCUT2D eigenvalue weighted by molar-refractivity contribution is 0.283. The van der Waals surface area contributed by atoms with Crippen LogP contribution in [0, 0.1) is 6.92 Å². The second-order valence-corrected chi connectivity index (χ2v) is 7.88. The standard InChI is InChI=1S/C23H34N6/c1-20-19-22(24-12-8-13-27(2)3)26-23(25-20)29-17-15-28(16-18-29)14-7-11-21-9-5-4-6-10-21/h4-7,9-11,19H,8,12-18H2,1-3H3,(H,24,25,26)/b11-7+. The van der Waals surface area contributed by atoms with Gasteiger partial charge < -0.3 is 15.1 Å². The minimum Gasteiger partial charge on any atom is -0.370 e. The van der Waals surface area contributed by atoms with Gasteiger partial charge >= 0.3 is 0 Å². The molecule has 1 aromatic carbocycles. The van der Waals surface area contributed by atoms with Crippen LogP contribution >= 0.6 is 0 Å². The first-order chi connectivity index (χ1) is 14.1. The molecular formula is C23H34N6. The maximum absolute atomic E-state index is 4.76. The third-order valence-corrected chi connectivity index (χ3v) is 5.06. The van der Waals surface area contributed by atoms with Crippen LogP contribution in [0.1, 0.15) is 17.7 Å². The molecule has 3 rings (SSSR count). The van der Waals surface area contributed by atoms with Crippen molar-refractivity contribution >= 4 is 17.8 Å². The van der Waals surface area contributed by atoms with E-state index in [9.17, 15) is 0 Å². The molecule has 156 valence electrons. The normalized spacial score (nSPS) is 15.4. The van der Waals surface area contributed by atoms with Crippen molar-refractivity contribution in [1.82, 2.24) is 19.8 Å². The zero-order valence-electron chi connectivity index (χ0n) is 18.0. The smallest absolute Gasteiger partial charge is 0.227 e. The Bertz CT molecular complexity index is 766. The van der Waals surface area contributed by atoms with E-state index < -0.39 is 0 Å². The van der Waals surface area contributed by atoms with E-state index in [1.807, 2.05) is 13.0 Å². The summed E-state index contributed by atoms with van der Waals surface area (Å²) in [5, 5.41) is 3.45. The van der Waals surface area contributed by atoms with Gasteiger partial charge in [0, 0.05) is 51.0 Å². The van der Waals surface area contributed by atoms with Crippen LogP contribution in [0.5, 0.6) is 0 Å². The Labute approximate surface area is 175 Å². The molecule has 6 nitrogen and oxygen atoms in total. The third kappa shape index (κ3) is 7.15. The SMILES string of the molecule is Cc1cc(NCCCN(C)C)nc(N2CCN(C/C=C/c3ccccc3)CC2)n1. The molecule has 1 aliphatic rings. The molecule has 0 radical (unpaired) electrons. The van der Waals surface area contributed by atoms with E-state index in [-0.39, 0.29) is 0 Å². The lowest BCUT2D eigenvalue weighted by atomic mass is 10.2. The molecule has 2 heterocycles. The second-order valence-electron chi connectivity index (χ2n) is 7.88. The number of hydrogen-bond acceptors (Lipinski definition) is 6. The number of piperazine rings is 1. The number of nitrogens with one attached hydrogen (secondary N) is 1. The zero-order valence-corrected chi connectivity index (χ0v) is 18.0. The van der Waals surface area contributed by atoms with Crippen LogP contribution in [0.2, 0.25) is 0 Å². The summed E-state index contributed by atoms with van der Waals surface area (Å²) in [4.78, 5) is 16.4. The number of aromatic nitrogens is 2. The molecule has 0 amide bonds. The van der Waals surface area contributed by atoms with E-state index in [4.69, 9.17) is 4.98 Å². The largest absolute Gasteiger partial charge is 0.370 e. The zero-order chi connectivity index (χ0) is 20.5. The fourth-order valence-electron chi connectivity index (χ4n) is 3.43. The Morgan fingerprint density at radius 1 is 1.07 bits per heavy atom. The first-order valence-electron chi connectivity index (χ1n) is 10.5. The first kappa shape index (κ1) is 21.3. The summed E-state index contributed by atoms with van der Waals surface area (Å²) in [5.41, 5.74) is 2.27. The molecule has 1 aliphatic heterocycles. The van der Waals surface area contributed by atoms with Crippen LogP contribution in [-0.2, 0) is 0 Å². The average molecular weight is 395 g/mol. The molecular weight excluding hydrogens is 360 g/mol. The fraction of sp³-hybridized carbons (Fsp3) is 0.478. The quantitative estimate of drug-likeness (QED) is 0.660. The molecule has 1 fully saturated rings. The summed E-state index contributed by atoms with van der Waals surface area (Å²) in [6.07, 6.45) is 5.55. The first-order valence-corrected chi connectivity index (χ1v) is 10.5. The van der Waals surface area contributed by atoms with E-state index in [1.165, 1.54) is 5.56 Å². The molecule has 0 aliphatic carbocycles. The summed E-state index contributed by atoms with van der Waals surface area (Å²) >= 11 is 0. The van der Waals surface area contributed by atoms with E-state index in [0.29, 0.717) is 0 Å². The van der Waals surface area contributed by atoms with Gasteiger partial charge in [0.1, 0.15) is 5.82 Å². The summed E-state index contributed by atoms with van der Waals surface area (Å²) in [6, 6.07) is 12.5. The number of rotatable bonds is 9. The maximum atomic E-state index is 4.76. The summed E-state index contributed by atoms with van der Waals surface area (Å²) in [5.74, 6) is 1.78. The lowest BCUT2D eigenvalue weighted by Crippen LogP contribution is -2.47. The predicted molar refractivity (Wildman–Crippen MR) is 123 cm³/mol. The van der Waals surface area contributed by atoms with Crippen LogP contribution in [0.15, 0.2) is 42.5 Å². The number of nitrogens with zero attached hydrogens (tertiary/aromatic N) is 5. The van der Waals surface area contributed by atoms with Gasteiger partial charge in [-0.2, -0.15) is 4.98 Å². The molecule has 1 saturated heterocycles. The van der Waals surface area contributed by atoms with Crippen molar-refractivity contribution in [3.63, 3.8) is 0 Å². The van der Waals surface area contributed by atoms with Gasteiger partial charge in [0.15, 0.2) is 0 Å². The van der Waals surface area contributed by atoms with Gasteiger partial charge in [-0.3, -0.25) is 4.90 Å².